The van der Waals surface area contributed by atoms with Crippen LogP contribution in [0.25, 0.3) is 0 Å². The molecule has 3 aromatic carbocycles. The fraction of sp³-hybridized carbons (Fsp3) is 0.457. The summed E-state index contributed by atoms with van der Waals surface area (Å²) in [6, 6.07) is 23.7. The summed E-state index contributed by atoms with van der Waals surface area (Å²) in [5.41, 5.74) is 1.94. The van der Waals surface area contributed by atoms with Gasteiger partial charge in [-0.1, -0.05) is 0 Å². The fourth-order valence-electron chi connectivity index (χ4n) is 8.20. The Morgan fingerprint density at radius 1 is 0.667 bits per heavy atom. The van der Waals surface area contributed by atoms with Crippen molar-refractivity contribution in [2.75, 3.05) is 0 Å². The third-order valence-corrected chi connectivity index (χ3v) is 27.0. The average Bonchev–Trinajstić information content (AvgIpc) is 3.24. The Bertz CT molecular complexity index is 1520. The van der Waals surface area contributed by atoms with Gasteiger partial charge in [-0.2, -0.15) is 0 Å². The van der Waals surface area contributed by atoms with Crippen LogP contribution >= 0.6 is 0 Å². The topological polar surface area (TPSA) is 27.9 Å². The van der Waals surface area contributed by atoms with E-state index in [2.05, 4.69) is 118 Å². The molecule has 45 heavy (non-hydrogen) atoms. The number of hydrogen-bond acceptors (Lipinski definition) is 4. The van der Waals surface area contributed by atoms with Gasteiger partial charge in [-0.3, -0.25) is 0 Å². The number of benzene rings is 3. The molecule has 0 aromatic heterocycles. The van der Waals surface area contributed by atoms with Crippen molar-refractivity contribution in [3.8, 4) is 0 Å². The molecule has 10 heteroatoms. The van der Waals surface area contributed by atoms with E-state index in [1.54, 1.807) is 24.3 Å². The molecule has 0 radical (unpaired) electrons. The van der Waals surface area contributed by atoms with Crippen molar-refractivity contribution in [1.82, 2.24) is 8.46 Å². The summed E-state index contributed by atoms with van der Waals surface area (Å²) in [7, 11) is -9.18. The normalized spacial score (nSPS) is 22.8. The molecule has 5 rings (SSSR count). The molecule has 0 bridgehead atoms. The molecule has 2 aliphatic rings. The third kappa shape index (κ3) is 5.41. The van der Waals surface area contributed by atoms with Crippen LogP contribution in [0.5, 0.6) is 0 Å². The maximum atomic E-state index is 14.3. The average molecular weight is 668 g/mol. The number of nitrogens with zero attached hydrogens (tertiary/aromatic N) is 3. The quantitative estimate of drug-likeness (QED) is 0.245. The Morgan fingerprint density at radius 3 is 1.40 bits per heavy atom. The summed E-state index contributed by atoms with van der Waals surface area (Å²) in [6.07, 6.45) is -1.13. The van der Waals surface area contributed by atoms with Crippen molar-refractivity contribution < 1.29 is 21.9 Å². The summed E-state index contributed by atoms with van der Waals surface area (Å²) >= 11 is 0. The molecule has 244 valence electrons. The standard InChI is InChI=1S/C35H51F2N3O2Si3/c1-34(2,3)38-33(28-16-14-13-15-17-28)39(35(4,5)6)45(38,40(43(7,8)9)44(10,11)12)41-31(26-18-22-29(36)23-19-26)32(42-45)27-20-24-30(37)25-21-27/h13-25,31-32H,1-12H3/t31-,32-/m0/s1. The molecular weight excluding hydrogens is 617 g/mol. The molecule has 5 nitrogen and oxygen atoms in total. The van der Waals surface area contributed by atoms with Crippen LogP contribution in [0.2, 0.25) is 39.3 Å². The molecule has 3 aromatic rings. The Morgan fingerprint density at radius 2 is 1.07 bits per heavy atom. The molecule has 0 saturated carbocycles. The summed E-state index contributed by atoms with van der Waals surface area (Å²) in [5.74, 6) is 0.476. The van der Waals surface area contributed by atoms with Gasteiger partial charge >= 0.3 is 272 Å². The van der Waals surface area contributed by atoms with Gasteiger partial charge in [-0.25, -0.2) is 0 Å². The first-order valence-electron chi connectivity index (χ1n) is 16.0. The van der Waals surface area contributed by atoms with Crippen LogP contribution in [0.15, 0.2) is 78.9 Å². The zero-order valence-corrected chi connectivity index (χ0v) is 32.1. The first-order valence-corrected chi connectivity index (χ1v) is 25.0. The van der Waals surface area contributed by atoms with Crippen molar-refractivity contribution in [2.24, 2.45) is 0 Å². The van der Waals surface area contributed by atoms with Crippen molar-refractivity contribution in [2.45, 2.75) is 104 Å². The van der Waals surface area contributed by atoms with Gasteiger partial charge < -0.3 is 0 Å². The minimum atomic E-state index is -4.67. The van der Waals surface area contributed by atoms with Gasteiger partial charge in [-0.05, 0) is 0 Å². The van der Waals surface area contributed by atoms with Gasteiger partial charge in [0.15, 0.2) is 0 Å². The SMILES string of the molecule is CC(C)(C)N1C(c2ccccc2)=[N+](C(C)(C)C)[Si-]12(N([Si](C)(C)C)[Si](C)(C)C)O[C@@H](c1ccc(F)cc1)[C@H](c1ccc(F)cc1)O2. The van der Waals surface area contributed by atoms with Gasteiger partial charge in [0.25, 0.3) is 0 Å². The van der Waals surface area contributed by atoms with Crippen molar-refractivity contribution in [1.29, 1.82) is 0 Å². The van der Waals surface area contributed by atoms with E-state index >= 15 is 0 Å². The zero-order valence-electron chi connectivity index (χ0n) is 29.1. The van der Waals surface area contributed by atoms with Crippen molar-refractivity contribution in [3.63, 3.8) is 0 Å². The summed E-state index contributed by atoms with van der Waals surface area (Å²) in [4.78, 5) is 0. The second-order valence-electron chi connectivity index (χ2n) is 16.5. The Kier molecular flexibility index (Phi) is 8.11. The monoisotopic (exact) mass is 667 g/mol. The molecule has 1 fully saturated rings. The van der Waals surface area contributed by atoms with Gasteiger partial charge in [-0.15, -0.1) is 0 Å². The number of halogens is 2. The van der Waals surface area contributed by atoms with E-state index in [0.29, 0.717) is 0 Å². The van der Waals surface area contributed by atoms with E-state index in [1.807, 2.05) is 6.07 Å². The van der Waals surface area contributed by atoms with E-state index < -0.39 is 48.1 Å². The first-order chi connectivity index (χ1) is 20.6. The molecule has 0 amide bonds. The van der Waals surface area contributed by atoms with Gasteiger partial charge in [0.2, 0.25) is 0 Å². The molecule has 1 saturated heterocycles. The molecule has 2 aliphatic heterocycles. The van der Waals surface area contributed by atoms with E-state index in [-0.39, 0.29) is 11.6 Å². The van der Waals surface area contributed by atoms with Crippen LogP contribution in [-0.2, 0) is 8.85 Å². The van der Waals surface area contributed by atoms with Crippen LogP contribution in [0.4, 0.5) is 8.78 Å². The second-order valence-corrected chi connectivity index (χ2v) is 31.1. The molecule has 2 heterocycles. The Labute approximate surface area is 271 Å². The second kappa shape index (κ2) is 10.8. The van der Waals surface area contributed by atoms with E-state index in [9.17, 15) is 8.78 Å². The molecule has 0 unspecified atom stereocenters. The number of amidine groups is 1. The predicted molar refractivity (Wildman–Crippen MR) is 187 cm³/mol. The van der Waals surface area contributed by atoms with Gasteiger partial charge in [0, 0.05) is 0 Å². The Hall–Kier alpha value is -2.48. The van der Waals surface area contributed by atoms with Crippen LogP contribution in [0, 0.1) is 11.6 Å². The van der Waals surface area contributed by atoms with Gasteiger partial charge in [0.05, 0.1) is 0 Å². The van der Waals surface area contributed by atoms with E-state index in [4.69, 9.17) is 8.85 Å². The summed E-state index contributed by atoms with van der Waals surface area (Å²) < 4.78 is 52.5. The number of hydrogen-bond donors (Lipinski definition) is 0. The first kappa shape index (κ1) is 33.9. The molecule has 0 N–H and O–H groups in total. The van der Waals surface area contributed by atoms with Gasteiger partial charge in [0.1, 0.15) is 0 Å². The van der Waals surface area contributed by atoms with Crippen molar-refractivity contribution in [3.05, 3.63) is 107 Å². The molecular formula is C35H51F2N3O2Si3. The van der Waals surface area contributed by atoms with E-state index in [1.165, 1.54) is 24.3 Å². The van der Waals surface area contributed by atoms with Crippen LogP contribution in [-0.4, -0.2) is 54.4 Å². The molecule has 0 aliphatic carbocycles. The fourth-order valence-corrected chi connectivity index (χ4v) is 33.3. The van der Waals surface area contributed by atoms with Crippen molar-refractivity contribution >= 4 is 30.6 Å². The Balaban J connectivity index is 1.99. The zero-order chi connectivity index (χ0) is 33.4. The molecule has 1 spiro atoms. The van der Waals surface area contributed by atoms with Crippen LogP contribution < -0.4 is 0 Å². The number of rotatable bonds is 6. The third-order valence-electron chi connectivity index (χ3n) is 8.63. The van der Waals surface area contributed by atoms with Crippen LogP contribution in [0.1, 0.15) is 70.4 Å². The van der Waals surface area contributed by atoms with Crippen LogP contribution in [0.3, 0.4) is 0 Å². The predicted octanol–water partition coefficient (Wildman–Crippen LogP) is 9.02. The summed E-state index contributed by atoms with van der Waals surface area (Å²) in [5, 5.41) is 0. The maximum absolute atomic E-state index is 14.3. The summed E-state index contributed by atoms with van der Waals surface area (Å²) in [6.45, 7) is 27.8. The molecule has 2 atom stereocenters. The minimum absolute atomic E-state index is 0.305. The van der Waals surface area contributed by atoms with E-state index in [0.717, 1.165) is 22.5 Å².